The fraction of sp³-hybridized carbons (Fsp3) is 0.0714. The van der Waals surface area contributed by atoms with E-state index < -0.39 is 0 Å². The topological polar surface area (TPSA) is 37.0 Å². The van der Waals surface area contributed by atoms with E-state index in [2.05, 4.69) is 4.99 Å². The second-order valence-corrected chi connectivity index (χ2v) is 3.69. The van der Waals surface area contributed by atoms with Crippen LogP contribution >= 0.6 is 0 Å². The molecule has 0 bridgehead atoms. The normalized spacial score (nSPS) is 10.2. The molecule has 0 unspecified atom stereocenters. The molecule has 0 amide bonds. The predicted octanol–water partition coefficient (Wildman–Crippen LogP) is -2.10. The average Bonchev–Trinajstić information content (AvgIpc) is 2.30. The van der Waals surface area contributed by atoms with Gasteiger partial charge in [0, 0.05) is 17.7 Å². The monoisotopic (exact) mass is 218 g/mol. The zero-order valence-electron chi connectivity index (χ0n) is 10.1. The van der Waals surface area contributed by atoms with Gasteiger partial charge < -0.3 is 5.11 Å². The van der Waals surface area contributed by atoms with Gasteiger partial charge in [-0.05, 0) is 13.0 Å². The first-order valence-corrected chi connectivity index (χ1v) is 5.18. The molecule has 0 aliphatic carbocycles. The van der Waals surface area contributed by atoms with E-state index in [1.54, 1.807) is 24.4 Å². The summed E-state index contributed by atoms with van der Waals surface area (Å²) in [5, 5.41) is 11.4. The van der Waals surface area contributed by atoms with Crippen molar-refractivity contribution in [2.24, 2.45) is 0 Å². The van der Waals surface area contributed by atoms with Gasteiger partial charge in [-0.15, -0.1) is 0 Å². The maximum Gasteiger partial charge on any atom is 1.00 e. The molecule has 0 fully saturated rings. The summed E-state index contributed by atoms with van der Waals surface area (Å²) in [6.45, 7) is 2.04. The van der Waals surface area contributed by atoms with Crippen molar-refractivity contribution in [3.8, 4) is 5.75 Å². The van der Waals surface area contributed by atoms with Gasteiger partial charge in [-0.1, -0.05) is 41.6 Å². The van der Waals surface area contributed by atoms with Gasteiger partial charge in [-0.25, -0.2) is 4.99 Å². The van der Waals surface area contributed by atoms with E-state index in [0.29, 0.717) is 5.56 Å². The van der Waals surface area contributed by atoms with Crippen LogP contribution in [0.3, 0.4) is 0 Å². The molecular formula is C14H13LiNO+. The summed E-state index contributed by atoms with van der Waals surface area (Å²) in [6.07, 6.45) is 1.73. The molecule has 2 nitrogen and oxygen atoms in total. The van der Waals surface area contributed by atoms with Crippen LogP contribution in [0.1, 0.15) is 11.1 Å². The van der Waals surface area contributed by atoms with E-state index in [1.807, 2.05) is 37.3 Å². The van der Waals surface area contributed by atoms with Gasteiger partial charge in [-0.3, -0.25) is 0 Å². The first-order chi connectivity index (χ1) is 7.75. The fourth-order valence-electron chi connectivity index (χ4n) is 1.41. The quantitative estimate of drug-likeness (QED) is 0.455. The SMILES string of the molecule is Cc1ccc([NH+]=Cc2ccccc2[O-])cc1.[Li+]. The Morgan fingerprint density at radius 2 is 1.65 bits per heavy atom. The maximum atomic E-state index is 11.4. The Morgan fingerprint density at radius 1 is 1.00 bits per heavy atom. The number of hydrogen-bond donors (Lipinski definition) is 1. The molecule has 1 N–H and O–H groups in total. The van der Waals surface area contributed by atoms with Gasteiger partial charge in [-0.2, -0.15) is 0 Å². The maximum absolute atomic E-state index is 11.4. The van der Waals surface area contributed by atoms with Crippen molar-refractivity contribution in [1.82, 2.24) is 0 Å². The summed E-state index contributed by atoms with van der Waals surface area (Å²) in [6, 6.07) is 15.0. The summed E-state index contributed by atoms with van der Waals surface area (Å²) in [5.74, 6) is 0.0297. The van der Waals surface area contributed by atoms with E-state index in [1.165, 1.54) is 5.56 Å². The Balaban J connectivity index is 0.00000144. The van der Waals surface area contributed by atoms with Crippen LogP contribution in [0.25, 0.3) is 0 Å². The van der Waals surface area contributed by atoms with Crippen molar-refractivity contribution in [3.63, 3.8) is 0 Å². The molecule has 2 rings (SSSR count). The third-order valence-electron chi connectivity index (χ3n) is 2.36. The van der Waals surface area contributed by atoms with Crippen molar-refractivity contribution in [3.05, 3.63) is 59.7 Å². The molecule has 80 valence electrons. The van der Waals surface area contributed by atoms with Crippen LogP contribution in [0.15, 0.2) is 48.5 Å². The molecule has 0 aliphatic rings. The Morgan fingerprint density at radius 3 is 2.29 bits per heavy atom. The van der Waals surface area contributed by atoms with E-state index in [0.717, 1.165) is 5.69 Å². The predicted molar refractivity (Wildman–Crippen MR) is 62.9 cm³/mol. The molecule has 0 spiro atoms. The molecular weight excluding hydrogens is 205 g/mol. The van der Waals surface area contributed by atoms with Gasteiger partial charge in [0.25, 0.3) is 0 Å². The van der Waals surface area contributed by atoms with Crippen molar-refractivity contribution in [2.75, 3.05) is 0 Å². The Bertz CT molecular complexity index is 506. The largest absolute Gasteiger partial charge is 1.00 e. The van der Waals surface area contributed by atoms with E-state index in [9.17, 15) is 5.11 Å². The first-order valence-electron chi connectivity index (χ1n) is 5.18. The second kappa shape index (κ2) is 6.29. The van der Waals surface area contributed by atoms with Gasteiger partial charge in [0.05, 0.1) is 0 Å². The summed E-state index contributed by atoms with van der Waals surface area (Å²) >= 11 is 0. The molecule has 0 heterocycles. The van der Waals surface area contributed by atoms with E-state index >= 15 is 0 Å². The summed E-state index contributed by atoms with van der Waals surface area (Å²) in [5.41, 5.74) is 2.87. The Labute approximate surface area is 113 Å². The molecule has 0 atom stereocenters. The number of para-hydroxylation sites is 1. The van der Waals surface area contributed by atoms with Crippen LogP contribution in [0, 0.1) is 6.92 Å². The van der Waals surface area contributed by atoms with Crippen LogP contribution in [0.5, 0.6) is 5.75 Å². The van der Waals surface area contributed by atoms with Gasteiger partial charge in [0.15, 0.2) is 6.21 Å². The van der Waals surface area contributed by atoms with Gasteiger partial charge in [0.1, 0.15) is 0 Å². The van der Waals surface area contributed by atoms with Crippen LogP contribution in [0.4, 0.5) is 5.69 Å². The Hall–Kier alpha value is -1.49. The average molecular weight is 218 g/mol. The fourth-order valence-corrected chi connectivity index (χ4v) is 1.41. The Kier molecular flexibility index (Phi) is 5.02. The molecule has 0 saturated heterocycles. The van der Waals surface area contributed by atoms with E-state index in [-0.39, 0.29) is 24.6 Å². The molecule has 2 aromatic carbocycles. The number of hydrogen-bond acceptors (Lipinski definition) is 1. The van der Waals surface area contributed by atoms with E-state index in [4.69, 9.17) is 0 Å². The minimum atomic E-state index is 0. The third kappa shape index (κ3) is 3.78. The summed E-state index contributed by atoms with van der Waals surface area (Å²) < 4.78 is 0. The third-order valence-corrected chi connectivity index (χ3v) is 2.36. The number of nitrogens with one attached hydrogen (secondary N) is 1. The summed E-state index contributed by atoms with van der Waals surface area (Å²) in [7, 11) is 0. The van der Waals surface area contributed by atoms with Crippen LogP contribution in [-0.2, 0) is 0 Å². The van der Waals surface area contributed by atoms with Crippen LogP contribution < -0.4 is 29.0 Å². The number of rotatable bonds is 2. The first kappa shape index (κ1) is 13.6. The van der Waals surface area contributed by atoms with Crippen molar-refractivity contribution in [1.29, 1.82) is 0 Å². The molecule has 0 aliphatic heterocycles. The smallest absolute Gasteiger partial charge is 0.872 e. The molecule has 2 aromatic rings. The van der Waals surface area contributed by atoms with Gasteiger partial charge in [0.2, 0.25) is 5.69 Å². The van der Waals surface area contributed by atoms with Crippen LogP contribution in [-0.4, -0.2) is 6.21 Å². The molecule has 3 heteroatoms. The minimum Gasteiger partial charge on any atom is -0.872 e. The van der Waals surface area contributed by atoms with Crippen molar-refractivity contribution in [2.45, 2.75) is 6.92 Å². The molecule has 0 aromatic heterocycles. The van der Waals surface area contributed by atoms with Gasteiger partial charge >= 0.3 is 18.9 Å². The zero-order chi connectivity index (χ0) is 11.4. The second-order valence-electron chi connectivity index (χ2n) is 3.69. The zero-order valence-corrected chi connectivity index (χ0v) is 10.1. The van der Waals surface area contributed by atoms with Crippen molar-refractivity contribution < 1.29 is 29.0 Å². The number of benzene rings is 2. The number of aryl methyl sites for hydroxylation is 1. The van der Waals surface area contributed by atoms with Crippen LogP contribution in [0.2, 0.25) is 0 Å². The molecule has 0 saturated carbocycles. The molecule has 0 radical (unpaired) electrons. The molecule has 17 heavy (non-hydrogen) atoms. The summed E-state index contributed by atoms with van der Waals surface area (Å²) in [4.78, 5) is 3.10. The minimum absolute atomic E-state index is 0. The van der Waals surface area contributed by atoms with Crippen molar-refractivity contribution >= 4 is 11.9 Å². The standard InChI is InChI=1S/C14H13NO.Li/c1-11-6-8-13(9-7-11)15-10-12-4-2-3-5-14(12)16;/h2-10,16H,1H3;/q;+1.